The molecule has 1 N–H and O–H groups in total. The van der Waals surface area contributed by atoms with Gasteiger partial charge in [-0.15, -0.1) is 0 Å². The van der Waals surface area contributed by atoms with Crippen molar-refractivity contribution in [2.24, 2.45) is 10.8 Å². The van der Waals surface area contributed by atoms with Crippen molar-refractivity contribution in [1.82, 2.24) is 0 Å². The van der Waals surface area contributed by atoms with Crippen molar-refractivity contribution in [2.45, 2.75) is 64.9 Å². The number of hydrogen-bond donors (Lipinski definition) is 1. The van der Waals surface area contributed by atoms with Crippen LogP contribution in [0.25, 0.3) is 0 Å². The van der Waals surface area contributed by atoms with Gasteiger partial charge in [0, 0.05) is 0 Å². The van der Waals surface area contributed by atoms with Crippen LogP contribution in [0.15, 0.2) is 0 Å². The molecule has 2 aliphatic carbocycles. The van der Waals surface area contributed by atoms with Gasteiger partial charge in [-0.25, -0.2) is 0 Å². The predicted molar refractivity (Wildman–Crippen MR) is 54.5 cm³/mol. The van der Waals surface area contributed by atoms with Crippen LogP contribution >= 0.6 is 0 Å². The lowest BCUT2D eigenvalue weighted by atomic mass is 9.57. The molecule has 0 spiro atoms. The van der Waals surface area contributed by atoms with E-state index in [1.54, 1.807) is 0 Å². The van der Waals surface area contributed by atoms with E-state index in [4.69, 9.17) is 0 Å². The van der Waals surface area contributed by atoms with Gasteiger partial charge in [0.1, 0.15) is 0 Å². The molecule has 1 nitrogen and oxygen atoms in total. The van der Waals surface area contributed by atoms with Crippen LogP contribution in [0.1, 0.15) is 59.3 Å². The number of fused-ring (bicyclic) bond motifs is 2. The van der Waals surface area contributed by atoms with Crippen LogP contribution in [0.5, 0.6) is 0 Å². The first-order valence-corrected chi connectivity index (χ1v) is 5.70. The smallest absolute Gasteiger partial charge is 0.0751 e. The van der Waals surface area contributed by atoms with Crippen LogP contribution in [0.2, 0.25) is 0 Å². The van der Waals surface area contributed by atoms with E-state index in [-0.39, 0.29) is 16.4 Å². The standard InChI is InChI=1S/C12H22O/c1-4-12(13)10(2)6-5-7-11(12,3)9-8-10/h13H,4-9H2,1-3H3. The second-order valence-electron chi connectivity index (χ2n) is 5.69. The molecule has 2 fully saturated rings. The third kappa shape index (κ3) is 0.918. The first-order valence-electron chi connectivity index (χ1n) is 5.70. The first-order chi connectivity index (χ1) is 5.97. The van der Waals surface area contributed by atoms with Crippen LogP contribution in [0.4, 0.5) is 0 Å². The molecule has 2 unspecified atom stereocenters. The summed E-state index contributed by atoms with van der Waals surface area (Å²) in [6, 6.07) is 0. The molecule has 0 aromatic heterocycles. The van der Waals surface area contributed by atoms with Crippen molar-refractivity contribution < 1.29 is 5.11 Å². The zero-order chi connectivity index (χ0) is 9.74. The Morgan fingerprint density at radius 2 is 1.46 bits per heavy atom. The van der Waals surface area contributed by atoms with Crippen LogP contribution in [0.3, 0.4) is 0 Å². The van der Waals surface area contributed by atoms with Gasteiger partial charge < -0.3 is 5.11 Å². The molecule has 76 valence electrons. The van der Waals surface area contributed by atoms with Crippen LogP contribution in [-0.2, 0) is 0 Å². The van der Waals surface area contributed by atoms with Crippen molar-refractivity contribution in [3.05, 3.63) is 0 Å². The van der Waals surface area contributed by atoms with E-state index < -0.39 is 0 Å². The summed E-state index contributed by atoms with van der Waals surface area (Å²) in [5, 5.41) is 10.8. The Morgan fingerprint density at radius 3 is 1.77 bits per heavy atom. The maximum atomic E-state index is 10.8. The second kappa shape index (κ2) is 2.50. The van der Waals surface area contributed by atoms with Crippen molar-refractivity contribution in [2.75, 3.05) is 0 Å². The highest BCUT2D eigenvalue weighted by atomic mass is 16.3. The van der Waals surface area contributed by atoms with Crippen LogP contribution < -0.4 is 0 Å². The van der Waals surface area contributed by atoms with Gasteiger partial charge in [0.15, 0.2) is 0 Å². The largest absolute Gasteiger partial charge is 0.389 e. The molecule has 0 aromatic rings. The van der Waals surface area contributed by atoms with Gasteiger partial charge in [-0.3, -0.25) is 0 Å². The minimum absolute atomic E-state index is 0.217. The molecule has 2 aliphatic rings. The van der Waals surface area contributed by atoms with E-state index >= 15 is 0 Å². The highest BCUT2D eigenvalue weighted by Gasteiger charge is 2.63. The average Bonchev–Trinajstić information content (AvgIpc) is 2.27. The number of aliphatic hydroxyl groups is 1. The summed E-state index contributed by atoms with van der Waals surface area (Å²) in [5.74, 6) is 0. The molecule has 2 saturated carbocycles. The van der Waals surface area contributed by atoms with E-state index in [0.717, 1.165) is 6.42 Å². The Hall–Kier alpha value is -0.0400. The highest BCUT2D eigenvalue weighted by molar-refractivity contribution is 5.14. The van der Waals surface area contributed by atoms with Crippen LogP contribution in [0, 0.1) is 10.8 Å². The van der Waals surface area contributed by atoms with Gasteiger partial charge >= 0.3 is 0 Å². The zero-order valence-corrected chi connectivity index (χ0v) is 9.19. The monoisotopic (exact) mass is 182 g/mol. The maximum Gasteiger partial charge on any atom is 0.0751 e. The molecule has 0 saturated heterocycles. The minimum Gasteiger partial charge on any atom is -0.389 e. The Bertz CT molecular complexity index is 205. The van der Waals surface area contributed by atoms with Gasteiger partial charge in [0.25, 0.3) is 0 Å². The van der Waals surface area contributed by atoms with Gasteiger partial charge in [0.05, 0.1) is 5.60 Å². The summed E-state index contributed by atoms with van der Waals surface area (Å²) >= 11 is 0. The maximum absolute atomic E-state index is 10.8. The molecular weight excluding hydrogens is 160 g/mol. The average molecular weight is 182 g/mol. The van der Waals surface area contributed by atoms with E-state index in [9.17, 15) is 5.11 Å². The van der Waals surface area contributed by atoms with Gasteiger partial charge in [-0.2, -0.15) is 0 Å². The van der Waals surface area contributed by atoms with Gasteiger partial charge in [0.2, 0.25) is 0 Å². The molecule has 13 heavy (non-hydrogen) atoms. The van der Waals surface area contributed by atoms with Gasteiger partial charge in [-0.05, 0) is 42.9 Å². The minimum atomic E-state index is -0.377. The first kappa shape index (κ1) is 9.51. The summed E-state index contributed by atoms with van der Waals surface area (Å²) < 4.78 is 0. The quantitative estimate of drug-likeness (QED) is 0.660. The number of rotatable bonds is 1. The van der Waals surface area contributed by atoms with E-state index in [0.29, 0.717) is 0 Å². The SMILES string of the molecule is CCC1(O)C2(C)CCCC1(C)CC2. The third-order valence-corrected chi connectivity index (χ3v) is 5.19. The second-order valence-corrected chi connectivity index (χ2v) is 5.69. The van der Waals surface area contributed by atoms with Crippen molar-refractivity contribution in [3.8, 4) is 0 Å². The highest BCUT2D eigenvalue weighted by Crippen LogP contribution is 2.65. The lowest BCUT2D eigenvalue weighted by Crippen LogP contribution is -2.54. The molecule has 2 bridgehead atoms. The van der Waals surface area contributed by atoms with E-state index in [1.807, 2.05) is 0 Å². The van der Waals surface area contributed by atoms with Crippen molar-refractivity contribution in [1.29, 1.82) is 0 Å². The molecule has 0 aliphatic heterocycles. The lowest BCUT2D eigenvalue weighted by molar-refractivity contribution is -0.151. The molecule has 0 radical (unpaired) electrons. The zero-order valence-electron chi connectivity index (χ0n) is 9.19. The fourth-order valence-electron chi connectivity index (χ4n) is 4.08. The van der Waals surface area contributed by atoms with Gasteiger partial charge in [-0.1, -0.05) is 27.2 Å². The lowest BCUT2D eigenvalue weighted by Gasteiger charge is -2.52. The molecule has 2 rings (SSSR count). The molecule has 2 atom stereocenters. The molecular formula is C12H22O. The Kier molecular flexibility index (Phi) is 1.83. The van der Waals surface area contributed by atoms with E-state index in [1.165, 1.54) is 32.1 Å². The van der Waals surface area contributed by atoms with Crippen LogP contribution in [-0.4, -0.2) is 10.7 Å². The fraction of sp³-hybridized carbons (Fsp3) is 1.00. The number of hydrogen-bond acceptors (Lipinski definition) is 1. The molecule has 0 heterocycles. The normalized spacial score (nSPS) is 55.4. The summed E-state index contributed by atoms with van der Waals surface area (Å²) in [6.07, 6.45) is 7.16. The van der Waals surface area contributed by atoms with E-state index in [2.05, 4.69) is 20.8 Å². The van der Waals surface area contributed by atoms with Crippen molar-refractivity contribution >= 4 is 0 Å². The summed E-state index contributed by atoms with van der Waals surface area (Å²) in [5.41, 5.74) is 0.0573. The summed E-state index contributed by atoms with van der Waals surface area (Å²) in [6.45, 7) is 6.73. The summed E-state index contributed by atoms with van der Waals surface area (Å²) in [7, 11) is 0. The fourth-order valence-corrected chi connectivity index (χ4v) is 4.08. The Balaban J connectivity index is 2.43. The Labute approximate surface area is 81.5 Å². The topological polar surface area (TPSA) is 20.2 Å². The molecule has 0 aromatic carbocycles. The Morgan fingerprint density at radius 1 is 1.00 bits per heavy atom. The van der Waals surface area contributed by atoms with Crippen molar-refractivity contribution in [3.63, 3.8) is 0 Å². The predicted octanol–water partition coefficient (Wildman–Crippen LogP) is 3.12. The molecule has 1 heteroatoms. The summed E-state index contributed by atoms with van der Waals surface area (Å²) in [4.78, 5) is 0. The third-order valence-electron chi connectivity index (χ3n) is 5.19. The molecule has 0 amide bonds.